The van der Waals surface area contributed by atoms with Crippen molar-refractivity contribution in [2.75, 3.05) is 10.8 Å². The lowest BCUT2D eigenvalue weighted by Gasteiger charge is -2.33. The quantitative estimate of drug-likeness (QED) is 0.168. The second kappa shape index (κ2) is 15.5. The van der Waals surface area contributed by atoms with Gasteiger partial charge in [-0.3, -0.25) is 13.9 Å². The average Bonchev–Trinajstić information content (AvgIpc) is 3.08. The second-order valence-electron chi connectivity index (χ2n) is 11.9. The molecule has 47 heavy (non-hydrogen) atoms. The molecule has 1 saturated carbocycles. The van der Waals surface area contributed by atoms with Gasteiger partial charge >= 0.3 is 0 Å². The zero-order chi connectivity index (χ0) is 33.4. The number of nitrogens with zero attached hydrogens (tertiary/aromatic N) is 2. The van der Waals surface area contributed by atoms with E-state index >= 15 is 0 Å². The maximum atomic E-state index is 14.3. The minimum atomic E-state index is -4.20. The third-order valence-corrected chi connectivity index (χ3v) is 10.6. The first-order valence-corrected chi connectivity index (χ1v) is 17.7. The molecule has 8 nitrogen and oxygen atoms in total. The minimum absolute atomic E-state index is 0.0278. The van der Waals surface area contributed by atoms with Crippen LogP contribution in [0.1, 0.15) is 50.2 Å². The molecule has 10 heteroatoms. The summed E-state index contributed by atoms with van der Waals surface area (Å²) in [6.45, 7) is 3.03. The van der Waals surface area contributed by atoms with Gasteiger partial charge in [-0.25, -0.2) is 8.42 Å². The van der Waals surface area contributed by atoms with Gasteiger partial charge in [-0.05, 0) is 86.8 Å². The van der Waals surface area contributed by atoms with Gasteiger partial charge in [0, 0.05) is 17.6 Å². The molecular weight excluding hydrogens is 634 g/mol. The SMILES string of the molecule is Cc1ccc(S(=O)(=O)N(CC(=O)N(Cc2ccccc2Cl)[C@H](C)C(=O)NC2CCCCC2)c2ccc(Oc3ccccc3)cc2)cc1. The number of carbonyl (C=O) groups is 2. The number of carbonyl (C=O) groups excluding carboxylic acids is 2. The average molecular weight is 674 g/mol. The van der Waals surface area contributed by atoms with Crippen LogP contribution in [0.2, 0.25) is 5.02 Å². The molecule has 2 amide bonds. The predicted octanol–water partition coefficient (Wildman–Crippen LogP) is 7.50. The van der Waals surface area contributed by atoms with Crippen molar-refractivity contribution in [3.05, 3.63) is 119 Å². The molecule has 0 aliphatic heterocycles. The summed E-state index contributed by atoms with van der Waals surface area (Å²) in [5.41, 5.74) is 1.82. The van der Waals surface area contributed by atoms with E-state index in [1.165, 1.54) is 17.0 Å². The molecule has 0 heterocycles. The monoisotopic (exact) mass is 673 g/mol. The molecule has 0 radical (unpaired) electrons. The van der Waals surface area contributed by atoms with E-state index in [0.717, 1.165) is 42.0 Å². The van der Waals surface area contributed by atoms with E-state index in [2.05, 4.69) is 5.32 Å². The van der Waals surface area contributed by atoms with Gasteiger partial charge in [-0.2, -0.15) is 0 Å². The first-order valence-electron chi connectivity index (χ1n) is 15.9. The number of benzene rings is 4. The Balaban J connectivity index is 1.47. The number of ether oxygens (including phenoxy) is 1. The molecule has 1 N–H and O–H groups in total. The Morgan fingerprint density at radius 3 is 2.13 bits per heavy atom. The highest BCUT2D eigenvalue weighted by molar-refractivity contribution is 7.92. The molecule has 4 aromatic rings. The van der Waals surface area contributed by atoms with E-state index in [4.69, 9.17) is 16.3 Å². The van der Waals surface area contributed by atoms with Gasteiger partial charge in [0.2, 0.25) is 11.8 Å². The van der Waals surface area contributed by atoms with Gasteiger partial charge in [0.05, 0.1) is 10.6 Å². The van der Waals surface area contributed by atoms with Crippen LogP contribution in [0.5, 0.6) is 11.5 Å². The van der Waals surface area contributed by atoms with Crippen molar-refractivity contribution in [2.24, 2.45) is 0 Å². The van der Waals surface area contributed by atoms with Gasteiger partial charge in [0.25, 0.3) is 10.0 Å². The summed E-state index contributed by atoms with van der Waals surface area (Å²) in [4.78, 5) is 29.3. The molecule has 0 spiro atoms. The normalized spacial score (nSPS) is 14.2. The first kappa shape index (κ1) is 34.0. The Morgan fingerprint density at radius 1 is 0.851 bits per heavy atom. The molecule has 4 aromatic carbocycles. The molecule has 1 aliphatic rings. The van der Waals surface area contributed by atoms with Crippen LogP contribution in [0.3, 0.4) is 0 Å². The van der Waals surface area contributed by atoms with Crippen molar-refractivity contribution in [1.29, 1.82) is 0 Å². The van der Waals surface area contributed by atoms with E-state index in [1.807, 2.05) is 43.3 Å². The Hall–Kier alpha value is -4.34. The van der Waals surface area contributed by atoms with Gasteiger partial charge in [-0.15, -0.1) is 0 Å². The summed E-state index contributed by atoms with van der Waals surface area (Å²) in [6.07, 6.45) is 5.02. The van der Waals surface area contributed by atoms with Crippen molar-refractivity contribution >= 4 is 39.1 Å². The molecule has 0 unspecified atom stereocenters. The van der Waals surface area contributed by atoms with Gasteiger partial charge < -0.3 is 15.0 Å². The number of nitrogens with one attached hydrogen (secondary N) is 1. The van der Waals surface area contributed by atoms with Crippen molar-refractivity contribution in [3.63, 3.8) is 0 Å². The zero-order valence-corrected chi connectivity index (χ0v) is 28.2. The van der Waals surface area contributed by atoms with Crippen LogP contribution in [-0.4, -0.2) is 43.8 Å². The second-order valence-corrected chi connectivity index (χ2v) is 14.1. The Morgan fingerprint density at radius 2 is 1.47 bits per heavy atom. The van der Waals surface area contributed by atoms with Gasteiger partial charge in [0.1, 0.15) is 24.1 Å². The van der Waals surface area contributed by atoms with Crippen molar-refractivity contribution in [2.45, 2.75) is 69.5 Å². The standard InChI is InChI=1S/C37H40ClN3O5S/c1-27-17-23-34(24-18-27)47(44,45)41(31-19-21-33(22-20-31)46-32-14-7-4-8-15-32)26-36(42)40(25-29-11-9-10-16-35(29)38)28(2)37(43)39-30-12-5-3-6-13-30/h4,7-11,14-24,28,30H,3,5-6,12-13,25-26H2,1-2H3,(H,39,43)/t28-/m1/s1. The van der Waals surface area contributed by atoms with Crippen molar-refractivity contribution in [1.82, 2.24) is 10.2 Å². The molecule has 0 saturated heterocycles. The number of rotatable bonds is 12. The number of sulfonamides is 1. The van der Waals surface area contributed by atoms with E-state index in [9.17, 15) is 18.0 Å². The molecule has 0 aromatic heterocycles. The third-order valence-electron chi connectivity index (χ3n) is 8.41. The maximum absolute atomic E-state index is 14.3. The summed E-state index contributed by atoms with van der Waals surface area (Å²) in [6, 6.07) is 28.5. The smallest absolute Gasteiger partial charge is 0.264 e. The number of aryl methyl sites for hydroxylation is 1. The van der Waals surface area contributed by atoms with E-state index in [-0.39, 0.29) is 29.1 Å². The third kappa shape index (κ3) is 8.73. The van der Waals surface area contributed by atoms with E-state index in [1.54, 1.807) is 61.5 Å². The highest BCUT2D eigenvalue weighted by Crippen LogP contribution is 2.29. The number of hydrogen-bond acceptors (Lipinski definition) is 5. The van der Waals surface area contributed by atoms with Crippen LogP contribution in [0, 0.1) is 6.92 Å². The number of hydrogen-bond donors (Lipinski definition) is 1. The summed E-state index contributed by atoms with van der Waals surface area (Å²) in [7, 11) is -4.20. The molecule has 246 valence electrons. The number of halogens is 1. The molecular formula is C37H40ClN3O5S. The number of para-hydroxylation sites is 1. The van der Waals surface area contributed by atoms with Crippen molar-refractivity contribution < 1.29 is 22.7 Å². The predicted molar refractivity (Wildman–Crippen MR) is 185 cm³/mol. The fourth-order valence-electron chi connectivity index (χ4n) is 5.63. The van der Waals surface area contributed by atoms with Crippen molar-refractivity contribution in [3.8, 4) is 11.5 Å². The molecule has 1 aliphatic carbocycles. The molecule has 1 fully saturated rings. The Bertz CT molecular complexity index is 1760. The fraction of sp³-hybridized carbons (Fsp3) is 0.297. The van der Waals surface area contributed by atoms with E-state index in [0.29, 0.717) is 22.1 Å². The maximum Gasteiger partial charge on any atom is 0.264 e. The van der Waals surface area contributed by atoms with E-state index < -0.39 is 28.5 Å². The van der Waals surface area contributed by atoms with Crippen LogP contribution in [0.4, 0.5) is 5.69 Å². The summed E-state index contributed by atoms with van der Waals surface area (Å²) in [5.74, 6) is 0.312. The minimum Gasteiger partial charge on any atom is -0.457 e. The van der Waals surface area contributed by atoms with Crippen LogP contribution < -0.4 is 14.4 Å². The van der Waals surface area contributed by atoms with Crippen LogP contribution in [0.25, 0.3) is 0 Å². The number of anilines is 1. The fourth-order valence-corrected chi connectivity index (χ4v) is 7.24. The number of amides is 2. The lowest BCUT2D eigenvalue weighted by atomic mass is 9.95. The van der Waals surface area contributed by atoms with Crippen LogP contribution >= 0.6 is 11.6 Å². The molecule has 0 bridgehead atoms. The molecule has 5 rings (SSSR count). The largest absolute Gasteiger partial charge is 0.457 e. The summed E-state index contributed by atoms with van der Waals surface area (Å²) >= 11 is 6.50. The Kier molecular flexibility index (Phi) is 11.2. The molecule has 1 atom stereocenters. The first-order chi connectivity index (χ1) is 22.6. The lowest BCUT2D eigenvalue weighted by molar-refractivity contribution is -0.139. The zero-order valence-electron chi connectivity index (χ0n) is 26.6. The van der Waals surface area contributed by atoms with Gasteiger partial charge in [0.15, 0.2) is 0 Å². The Labute approximate surface area is 282 Å². The summed E-state index contributed by atoms with van der Waals surface area (Å²) in [5, 5.41) is 3.56. The lowest BCUT2D eigenvalue weighted by Crippen LogP contribution is -2.53. The summed E-state index contributed by atoms with van der Waals surface area (Å²) < 4.78 is 35.4. The van der Waals surface area contributed by atoms with Gasteiger partial charge in [-0.1, -0.05) is 85.0 Å². The highest BCUT2D eigenvalue weighted by atomic mass is 35.5. The topological polar surface area (TPSA) is 96.0 Å². The highest BCUT2D eigenvalue weighted by Gasteiger charge is 2.33. The van der Waals surface area contributed by atoms with Crippen LogP contribution in [0.15, 0.2) is 108 Å². The van der Waals surface area contributed by atoms with Crippen LogP contribution in [-0.2, 0) is 26.2 Å².